The van der Waals surface area contributed by atoms with Gasteiger partial charge in [0.05, 0.1) is 18.8 Å². The first kappa shape index (κ1) is 13.0. The second-order valence-corrected chi connectivity index (χ2v) is 5.86. The number of furan rings is 1. The van der Waals surface area contributed by atoms with Crippen molar-refractivity contribution in [3.63, 3.8) is 0 Å². The number of hydrogen-bond donors (Lipinski definition) is 1. The van der Waals surface area contributed by atoms with Crippen molar-refractivity contribution in [3.05, 3.63) is 36.1 Å². The molecule has 1 fully saturated rings. The van der Waals surface area contributed by atoms with E-state index in [9.17, 15) is 0 Å². The zero-order valence-corrected chi connectivity index (χ0v) is 11.9. The highest BCUT2D eigenvalue weighted by Gasteiger charge is 2.28. The molecular formula is C15H19NO2S. The summed E-state index contributed by atoms with van der Waals surface area (Å²) < 4.78 is 11.9. The quantitative estimate of drug-likeness (QED) is 0.930. The van der Waals surface area contributed by atoms with Crippen LogP contribution in [0.2, 0.25) is 0 Å². The van der Waals surface area contributed by atoms with Crippen LogP contribution in [0.1, 0.15) is 18.7 Å². The molecule has 0 saturated carbocycles. The Morgan fingerprint density at radius 2 is 2.32 bits per heavy atom. The summed E-state index contributed by atoms with van der Waals surface area (Å²) in [4.78, 5) is 0. The monoisotopic (exact) mass is 277 g/mol. The summed E-state index contributed by atoms with van der Waals surface area (Å²) in [5, 5.41) is 4.65. The fourth-order valence-corrected chi connectivity index (χ4v) is 3.39. The third-order valence-electron chi connectivity index (χ3n) is 3.39. The lowest BCUT2D eigenvalue weighted by Crippen LogP contribution is -2.37. The minimum atomic E-state index is 0.144. The van der Waals surface area contributed by atoms with Crippen molar-refractivity contribution < 1.29 is 9.15 Å². The molecule has 0 aliphatic carbocycles. The third kappa shape index (κ3) is 2.81. The van der Waals surface area contributed by atoms with Crippen LogP contribution in [0.3, 0.4) is 0 Å². The van der Waals surface area contributed by atoms with E-state index in [2.05, 4.69) is 24.4 Å². The summed E-state index contributed by atoms with van der Waals surface area (Å²) in [6.07, 6.45) is 0.194. The van der Waals surface area contributed by atoms with Crippen LogP contribution in [0.15, 0.2) is 34.7 Å². The van der Waals surface area contributed by atoms with E-state index in [0.717, 1.165) is 41.4 Å². The maximum absolute atomic E-state index is 5.98. The highest BCUT2D eigenvalue weighted by atomic mass is 32.2. The van der Waals surface area contributed by atoms with E-state index in [-0.39, 0.29) is 12.1 Å². The van der Waals surface area contributed by atoms with Crippen molar-refractivity contribution in [2.75, 3.05) is 24.7 Å². The van der Waals surface area contributed by atoms with Gasteiger partial charge in [-0.3, -0.25) is 0 Å². The summed E-state index contributed by atoms with van der Waals surface area (Å²) >= 11 is 1.95. The molecular weight excluding hydrogens is 258 g/mol. The van der Waals surface area contributed by atoms with Gasteiger partial charge in [-0.1, -0.05) is 25.1 Å². The van der Waals surface area contributed by atoms with E-state index < -0.39 is 0 Å². The molecule has 2 heterocycles. The van der Waals surface area contributed by atoms with Gasteiger partial charge in [-0.25, -0.2) is 0 Å². The van der Waals surface area contributed by atoms with Crippen LogP contribution in [0.5, 0.6) is 0 Å². The summed E-state index contributed by atoms with van der Waals surface area (Å²) in [5.74, 6) is 3.10. The summed E-state index contributed by atoms with van der Waals surface area (Å²) in [6, 6.07) is 10.4. The maximum atomic E-state index is 5.98. The molecule has 0 amide bonds. The zero-order valence-electron chi connectivity index (χ0n) is 11.1. The first-order chi connectivity index (χ1) is 9.38. The number of nitrogens with one attached hydrogen (secondary N) is 1. The van der Waals surface area contributed by atoms with E-state index in [1.54, 1.807) is 0 Å². The molecule has 2 atom stereocenters. The maximum Gasteiger partial charge on any atom is 0.134 e. The third-order valence-corrected chi connectivity index (χ3v) is 4.41. The largest absolute Gasteiger partial charge is 0.459 e. The molecule has 2 aromatic rings. The van der Waals surface area contributed by atoms with Gasteiger partial charge in [-0.15, -0.1) is 0 Å². The van der Waals surface area contributed by atoms with Crippen LogP contribution in [-0.2, 0) is 4.74 Å². The van der Waals surface area contributed by atoms with Gasteiger partial charge in [0, 0.05) is 16.9 Å². The van der Waals surface area contributed by atoms with Crippen LogP contribution < -0.4 is 5.32 Å². The fourth-order valence-electron chi connectivity index (χ4n) is 2.49. The molecule has 102 valence electrons. The molecule has 1 N–H and O–H groups in total. The van der Waals surface area contributed by atoms with Gasteiger partial charge in [-0.05, 0) is 18.7 Å². The molecule has 3 rings (SSSR count). The van der Waals surface area contributed by atoms with Crippen LogP contribution in [0, 0.1) is 0 Å². The highest BCUT2D eigenvalue weighted by Crippen LogP contribution is 2.29. The first-order valence-electron chi connectivity index (χ1n) is 6.79. The molecule has 0 radical (unpaired) electrons. The molecule has 4 heteroatoms. The van der Waals surface area contributed by atoms with Crippen molar-refractivity contribution >= 4 is 22.7 Å². The predicted octanol–water partition coefficient (Wildman–Crippen LogP) is 3.22. The normalized spacial score (nSPS) is 21.6. The minimum absolute atomic E-state index is 0.144. The van der Waals surface area contributed by atoms with Gasteiger partial charge in [0.25, 0.3) is 0 Å². The lowest BCUT2D eigenvalue weighted by Gasteiger charge is -2.29. The average Bonchev–Trinajstić information content (AvgIpc) is 2.89. The lowest BCUT2D eigenvalue weighted by atomic mass is 10.1. The number of hydrogen-bond acceptors (Lipinski definition) is 4. The standard InChI is InChI=1S/C15H19NO2S/c1-2-16-15(14-10-19-8-7-17-14)13-9-11-5-3-4-6-12(11)18-13/h3-6,9,14-16H,2,7-8,10H2,1H3. The molecule has 2 unspecified atom stereocenters. The summed E-state index contributed by atoms with van der Waals surface area (Å²) in [5.41, 5.74) is 0.948. The Kier molecular flexibility index (Phi) is 4.11. The average molecular weight is 277 g/mol. The molecule has 1 aliphatic heterocycles. The van der Waals surface area contributed by atoms with Crippen molar-refractivity contribution in [3.8, 4) is 0 Å². The van der Waals surface area contributed by atoms with Crippen molar-refractivity contribution in [2.45, 2.75) is 19.1 Å². The molecule has 0 spiro atoms. The van der Waals surface area contributed by atoms with Crippen molar-refractivity contribution in [1.29, 1.82) is 0 Å². The molecule has 3 nitrogen and oxygen atoms in total. The number of rotatable bonds is 4. The molecule has 1 aliphatic rings. The SMILES string of the molecule is CCNC(c1cc2ccccc2o1)C1CSCCO1. The number of benzene rings is 1. The Morgan fingerprint density at radius 3 is 3.05 bits per heavy atom. The van der Waals surface area contributed by atoms with E-state index in [1.807, 2.05) is 30.0 Å². The van der Waals surface area contributed by atoms with Gasteiger partial charge < -0.3 is 14.5 Å². The number of thioether (sulfide) groups is 1. The lowest BCUT2D eigenvalue weighted by molar-refractivity contribution is 0.0418. The van der Waals surface area contributed by atoms with Crippen LogP contribution in [0.4, 0.5) is 0 Å². The van der Waals surface area contributed by atoms with Gasteiger partial charge in [0.15, 0.2) is 0 Å². The topological polar surface area (TPSA) is 34.4 Å². The van der Waals surface area contributed by atoms with E-state index in [0.29, 0.717) is 0 Å². The first-order valence-corrected chi connectivity index (χ1v) is 7.95. The van der Waals surface area contributed by atoms with Crippen LogP contribution in [-0.4, -0.2) is 30.8 Å². The Bertz CT molecular complexity index is 501. The van der Waals surface area contributed by atoms with Gasteiger partial charge in [-0.2, -0.15) is 11.8 Å². The molecule has 1 aromatic heterocycles. The van der Waals surface area contributed by atoms with Crippen LogP contribution in [0.25, 0.3) is 11.0 Å². The van der Waals surface area contributed by atoms with Crippen LogP contribution >= 0.6 is 11.8 Å². The molecule has 19 heavy (non-hydrogen) atoms. The minimum Gasteiger partial charge on any atom is -0.459 e. The van der Waals surface area contributed by atoms with Gasteiger partial charge in [0.2, 0.25) is 0 Å². The number of likely N-dealkylation sites (N-methyl/N-ethyl adjacent to an activating group) is 1. The fraction of sp³-hybridized carbons (Fsp3) is 0.467. The second kappa shape index (κ2) is 5.99. The Morgan fingerprint density at radius 1 is 1.42 bits per heavy atom. The van der Waals surface area contributed by atoms with Crippen molar-refractivity contribution in [1.82, 2.24) is 5.32 Å². The highest BCUT2D eigenvalue weighted by molar-refractivity contribution is 7.99. The molecule has 1 saturated heterocycles. The number of ether oxygens (including phenoxy) is 1. The molecule has 1 aromatic carbocycles. The number of fused-ring (bicyclic) bond motifs is 1. The Balaban J connectivity index is 1.89. The van der Waals surface area contributed by atoms with Crippen molar-refractivity contribution in [2.24, 2.45) is 0 Å². The summed E-state index contributed by atoms with van der Waals surface area (Å²) in [6.45, 7) is 3.86. The predicted molar refractivity (Wildman–Crippen MR) is 79.7 cm³/mol. The number of para-hydroxylation sites is 1. The molecule has 0 bridgehead atoms. The summed E-state index contributed by atoms with van der Waals surface area (Å²) in [7, 11) is 0. The van der Waals surface area contributed by atoms with Gasteiger partial charge >= 0.3 is 0 Å². The van der Waals surface area contributed by atoms with E-state index in [4.69, 9.17) is 9.15 Å². The zero-order chi connectivity index (χ0) is 13.1. The second-order valence-electron chi connectivity index (χ2n) is 4.71. The van der Waals surface area contributed by atoms with E-state index in [1.165, 1.54) is 0 Å². The van der Waals surface area contributed by atoms with E-state index >= 15 is 0 Å². The van der Waals surface area contributed by atoms with Gasteiger partial charge in [0.1, 0.15) is 11.3 Å². The smallest absolute Gasteiger partial charge is 0.134 e. The Hall–Kier alpha value is -0.970. The Labute approximate surface area is 117 Å².